The number of hydrogen-bond acceptors (Lipinski definition) is 3. The van der Waals surface area contributed by atoms with Crippen LogP contribution in [0.3, 0.4) is 0 Å². The fraction of sp³-hybridized carbons (Fsp3) is 0.381. The number of likely N-dealkylation sites (tertiary alicyclic amines) is 1. The van der Waals surface area contributed by atoms with Gasteiger partial charge in [0.15, 0.2) is 5.78 Å². The Bertz CT molecular complexity index is 754. The molecular formula is C21H23ClF2N2O. The first-order valence-corrected chi connectivity index (χ1v) is 9.57. The van der Waals surface area contributed by atoms with Crippen LogP contribution in [-0.2, 0) is 6.54 Å². The zero-order valence-corrected chi connectivity index (χ0v) is 15.8. The molecule has 6 heteroatoms. The highest BCUT2D eigenvalue weighted by Crippen LogP contribution is 2.22. The highest BCUT2D eigenvalue weighted by atomic mass is 35.5. The van der Waals surface area contributed by atoms with Gasteiger partial charge in [0, 0.05) is 42.2 Å². The van der Waals surface area contributed by atoms with Crippen molar-refractivity contribution in [3.63, 3.8) is 0 Å². The molecule has 3 rings (SSSR count). The Balaban J connectivity index is 1.38. The van der Waals surface area contributed by atoms with E-state index in [0.29, 0.717) is 17.1 Å². The summed E-state index contributed by atoms with van der Waals surface area (Å²) in [6, 6.07) is 10.6. The van der Waals surface area contributed by atoms with Gasteiger partial charge in [-0.2, -0.15) is 0 Å². The number of hydrogen-bond donors (Lipinski definition) is 1. The molecule has 1 aliphatic rings. The number of benzene rings is 2. The third-order valence-corrected chi connectivity index (χ3v) is 5.20. The number of halogens is 3. The average Bonchev–Trinajstić information content (AvgIpc) is 2.65. The van der Waals surface area contributed by atoms with Gasteiger partial charge in [0.25, 0.3) is 0 Å². The molecule has 2 aromatic rings. The number of nitrogens with one attached hydrogen (secondary N) is 1. The highest BCUT2D eigenvalue weighted by molar-refractivity contribution is 6.30. The topological polar surface area (TPSA) is 32.3 Å². The Kier molecular flexibility index (Phi) is 6.94. The second-order valence-electron chi connectivity index (χ2n) is 6.94. The van der Waals surface area contributed by atoms with E-state index in [0.717, 1.165) is 50.7 Å². The van der Waals surface area contributed by atoms with Crippen molar-refractivity contribution in [3.8, 4) is 0 Å². The quantitative estimate of drug-likeness (QED) is 0.563. The van der Waals surface area contributed by atoms with Gasteiger partial charge in [-0.1, -0.05) is 11.6 Å². The first-order valence-electron chi connectivity index (χ1n) is 9.19. The lowest BCUT2D eigenvalue weighted by molar-refractivity contribution is 0.0841. The maximum absolute atomic E-state index is 13.2. The van der Waals surface area contributed by atoms with Gasteiger partial charge in [-0.25, -0.2) is 8.78 Å². The van der Waals surface area contributed by atoms with E-state index >= 15 is 0 Å². The van der Waals surface area contributed by atoms with E-state index in [1.807, 2.05) is 0 Å². The Labute approximate surface area is 163 Å². The first-order chi connectivity index (χ1) is 13.0. The molecule has 0 saturated carbocycles. The largest absolute Gasteiger partial charge is 0.311 e. The molecule has 27 heavy (non-hydrogen) atoms. The van der Waals surface area contributed by atoms with Crippen molar-refractivity contribution in [3.05, 3.63) is 70.2 Å². The van der Waals surface area contributed by atoms with Gasteiger partial charge < -0.3 is 10.2 Å². The summed E-state index contributed by atoms with van der Waals surface area (Å²) < 4.78 is 26.3. The first kappa shape index (κ1) is 19.9. The fourth-order valence-electron chi connectivity index (χ4n) is 3.45. The minimum atomic E-state index is -0.556. The predicted molar refractivity (Wildman–Crippen MR) is 103 cm³/mol. The van der Waals surface area contributed by atoms with Crippen LogP contribution in [0.15, 0.2) is 42.5 Å². The van der Waals surface area contributed by atoms with Crippen LogP contribution in [0.2, 0.25) is 5.02 Å². The number of nitrogens with zero attached hydrogens (tertiary/aromatic N) is 1. The predicted octanol–water partition coefficient (Wildman–Crippen LogP) is 4.30. The van der Waals surface area contributed by atoms with Crippen molar-refractivity contribution < 1.29 is 13.6 Å². The summed E-state index contributed by atoms with van der Waals surface area (Å²) in [5.74, 6) is -0.860. The van der Waals surface area contributed by atoms with Crippen LogP contribution in [-0.4, -0.2) is 36.9 Å². The second kappa shape index (κ2) is 9.40. The molecule has 0 aliphatic carbocycles. The molecule has 3 nitrogen and oxygen atoms in total. The van der Waals surface area contributed by atoms with E-state index in [-0.39, 0.29) is 11.7 Å². The van der Waals surface area contributed by atoms with E-state index in [1.54, 1.807) is 24.3 Å². The van der Waals surface area contributed by atoms with Gasteiger partial charge in [-0.05, 0) is 67.9 Å². The number of rotatable bonds is 7. The van der Waals surface area contributed by atoms with Crippen LogP contribution in [0.1, 0.15) is 28.8 Å². The van der Waals surface area contributed by atoms with Crippen molar-refractivity contribution in [2.24, 2.45) is 5.92 Å². The molecule has 0 spiro atoms. The monoisotopic (exact) mass is 392 g/mol. The van der Waals surface area contributed by atoms with E-state index in [1.165, 1.54) is 12.1 Å². The average molecular weight is 393 g/mol. The second-order valence-corrected chi connectivity index (χ2v) is 7.38. The molecule has 1 heterocycles. The van der Waals surface area contributed by atoms with Crippen LogP contribution < -0.4 is 5.32 Å². The Morgan fingerprint density at radius 3 is 2.33 bits per heavy atom. The molecule has 0 radical (unpaired) electrons. The van der Waals surface area contributed by atoms with Crippen molar-refractivity contribution in [2.45, 2.75) is 19.4 Å². The Hall–Kier alpha value is -1.82. The van der Waals surface area contributed by atoms with E-state index in [4.69, 9.17) is 11.6 Å². The summed E-state index contributed by atoms with van der Waals surface area (Å²) in [5.41, 5.74) is 1.32. The molecule has 0 aromatic heterocycles. The maximum Gasteiger partial charge on any atom is 0.166 e. The zero-order chi connectivity index (χ0) is 19.2. The van der Waals surface area contributed by atoms with E-state index < -0.39 is 11.6 Å². The van der Waals surface area contributed by atoms with Gasteiger partial charge >= 0.3 is 0 Å². The van der Waals surface area contributed by atoms with Gasteiger partial charge in [0.1, 0.15) is 11.6 Å². The van der Waals surface area contributed by atoms with Gasteiger partial charge in [0.05, 0.1) is 0 Å². The standard InChI is InChI=1S/C21H23ClF2N2O/c22-18-3-1-16(2-4-18)21(27)17-5-8-26(9-6-17)10-7-25-14-15-11-19(23)13-20(24)12-15/h1-4,11-13,17,25H,5-10,14H2. The van der Waals surface area contributed by atoms with Crippen LogP contribution >= 0.6 is 11.6 Å². The SMILES string of the molecule is O=C(c1ccc(Cl)cc1)C1CCN(CCNCc2cc(F)cc(F)c2)CC1. The summed E-state index contributed by atoms with van der Waals surface area (Å²) in [4.78, 5) is 14.9. The maximum atomic E-state index is 13.2. The molecule has 0 atom stereocenters. The lowest BCUT2D eigenvalue weighted by atomic mass is 9.89. The van der Waals surface area contributed by atoms with Gasteiger partial charge in [-0.3, -0.25) is 4.79 Å². The van der Waals surface area contributed by atoms with E-state index in [2.05, 4.69) is 10.2 Å². The number of carbonyl (C=O) groups is 1. The molecule has 1 N–H and O–H groups in total. The number of Topliss-reactive ketones (excluding diaryl/α,β-unsaturated/α-hetero) is 1. The van der Waals surface area contributed by atoms with Crippen LogP contribution in [0.4, 0.5) is 8.78 Å². The van der Waals surface area contributed by atoms with Gasteiger partial charge in [0.2, 0.25) is 0 Å². The molecule has 0 bridgehead atoms. The number of piperidine rings is 1. The lowest BCUT2D eigenvalue weighted by Crippen LogP contribution is -2.39. The molecule has 1 saturated heterocycles. The molecule has 2 aromatic carbocycles. The van der Waals surface area contributed by atoms with Crippen LogP contribution in [0.25, 0.3) is 0 Å². The number of carbonyl (C=O) groups excluding carboxylic acids is 1. The summed E-state index contributed by atoms with van der Waals surface area (Å²) in [7, 11) is 0. The zero-order valence-electron chi connectivity index (χ0n) is 15.1. The summed E-state index contributed by atoms with van der Waals surface area (Å²) in [6.07, 6.45) is 1.69. The minimum absolute atomic E-state index is 0.0608. The molecule has 0 unspecified atom stereocenters. The summed E-state index contributed by atoms with van der Waals surface area (Å²) in [6.45, 7) is 3.76. The summed E-state index contributed by atoms with van der Waals surface area (Å²) >= 11 is 5.88. The van der Waals surface area contributed by atoms with Crippen LogP contribution in [0.5, 0.6) is 0 Å². The normalized spacial score (nSPS) is 15.8. The molecule has 144 valence electrons. The Morgan fingerprint density at radius 2 is 1.70 bits per heavy atom. The fourth-order valence-corrected chi connectivity index (χ4v) is 3.58. The van der Waals surface area contributed by atoms with Crippen molar-refractivity contribution >= 4 is 17.4 Å². The minimum Gasteiger partial charge on any atom is -0.311 e. The van der Waals surface area contributed by atoms with Crippen molar-refractivity contribution in [1.82, 2.24) is 10.2 Å². The molecular weight excluding hydrogens is 370 g/mol. The molecule has 0 amide bonds. The highest BCUT2D eigenvalue weighted by Gasteiger charge is 2.25. The van der Waals surface area contributed by atoms with Gasteiger partial charge in [-0.15, -0.1) is 0 Å². The van der Waals surface area contributed by atoms with Crippen LogP contribution in [0, 0.1) is 17.6 Å². The third kappa shape index (κ3) is 5.83. The van der Waals surface area contributed by atoms with Crippen molar-refractivity contribution in [1.29, 1.82) is 0 Å². The number of ketones is 1. The molecule has 1 aliphatic heterocycles. The van der Waals surface area contributed by atoms with Crippen molar-refractivity contribution in [2.75, 3.05) is 26.2 Å². The lowest BCUT2D eigenvalue weighted by Gasteiger charge is -2.31. The molecule has 1 fully saturated rings. The smallest absolute Gasteiger partial charge is 0.166 e. The summed E-state index contributed by atoms with van der Waals surface area (Å²) in [5, 5.41) is 3.85. The Morgan fingerprint density at radius 1 is 1.07 bits per heavy atom. The third-order valence-electron chi connectivity index (χ3n) is 4.94. The van der Waals surface area contributed by atoms with E-state index in [9.17, 15) is 13.6 Å².